The van der Waals surface area contributed by atoms with Gasteiger partial charge < -0.3 is 10.5 Å². The van der Waals surface area contributed by atoms with Crippen LogP contribution in [-0.2, 0) is 4.79 Å². The minimum Gasteiger partial charge on any atom is -0.411 e. The largest absolute Gasteiger partial charge is 0.411 e. The van der Waals surface area contributed by atoms with Gasteiger partial charge in [0, 0.05) is 5.69 Å². The number of carbonyl (C=O) groups excluding carboxylic acids is 1. The molecule has 74 valence electrons. The highest BCUT2D eigenvalue weighted by Gasteiger charge is 2.01. The van der Waals surface area contributed by atoms with Gasteiger partial charge in [-0.25, -0.2) is 0 Å². The van der Waals surface area contributed by atoms with E-state index in [1.165, 1.54) is 0 Å². The number of hydrogen-bond acceptors (Lipinski definition) is 3. The van der Waals surface area contributed by atoms with E-state index >= 15 is 0 Å². The van der Waals surface area contributed by atoms with Gasteiger partial charge in [0.1, 0.15) is 6.21 Å². The predicted molar refractivity (Wildman–Crippen MR) is 54.8 cm³/mol. The molecule has 0 fully saturated rings. The summed E-state index contributed by atoms with van der Waals surface area (Å²) >= 11 is 0. The van der Waals surface area contributed by atoms with Crippen molar-refractivity contribution >= 4 is 17.8 Å². The zero-order valence-electron chi connectivity index (χ0n) is 8.11. The fraction of sp³-hybridized carbons (Fsp3) is 0.200. The van der Waals surface area contributed by atoms with Crippen LogP contribution in [0.2, 0.25) is 0 Å². The van der Waals surface area contributed by atoms with Gasteiger partial charge in [0.15, 0.2) is 0 Å². The Morgan fingerprint density at radius 3 is 2.79 bits per heavy atom. The summed E-state index contributed by atoms with van der Waals surface area (Å²) < 4.78 is 0. The van der Waals surface area contributed by atoms with Gasteiger partial charge in [-0.1, -0.05) is 22.9 Å². The highest BCUT2D eigenvalue weighted by Crippen LogP contribution is 2.15. The Hall–Kier alpha value is -1.84. The molecule has 0 atom stereocenters. The fourth-order valence-electron chi connectivity index (χ4n) is 1.17. The van der Waals surface area contributed by atoms with Crippen molar-refractivity contribution in [2.24, 2.45) is 5.16 Å². The lowest BCUT2D eigenvalue weighted by Gasteiger charge is -2.06. The van der Waals surface area contributed by atoms with Crippen molar-refractivity contribution in [3.05, 3.63) is 29.3 Å². The predicted octanol–water partition coefficient (Wildman–Crippen LogP) is 1.70. The molecule has 0 aliphatic heterocycles. The van der Waals surface area contributed by atoms with E-state index in [1.807, 2.05) is 32.0 Å². The molecule has 0 aromatic heterocycles. The van der Waals surface area contributed by atoms with Gasteiger partial charge in [-0.05, 0) is 25.5 Å². The van der Waals surface area contributed by atoms with Gasteiger partial charge in [0.25, 0.3) is 5.91 Å². The zero-order chi connectivity index (χ0) is 10.6. The summed E-state index contributed by atoms with van der Waals surface area (Å²) in [4.78, 5) is 11.0. The second kappa shape index (κ2) is 4.41. The molecule has 0 unspecified atom stereocenters. The van der Waals surface area contributed by atoms with E-state index in [0.717, 1.165) is 23.0 Å². The van der Waals surface area contributed by atoms with E-state index in [0.29, 0.717) is 0 Å². The van der Waals surface area contributed by atoms with Crippen LogP contribution in [0.1, 0.15) is 11.1 Å². The maximum absolute atomic E-state index is 11.0. The molecule has 0 bridgehead atoms. The first kappa shape index (κ1) is 10.2. The van der Waals surface area contributed by atoms with Gasteiger partial charge in [-0.15, -0.1) is 0 Å². The van der Waals surface area contributed by atoms with Gasteiger partial charge in [-0.2, -0.15) is 0 Å². The van der Waals surface area contributed by atoms with E-state index in [4.69, 9.17) is 5.21 Å². The summed E-state index contributed by atoms with van der Waals surface area (Å²) in [5.74, 6) is -0.445. The molecule has 14 heavy (non-hydrogen) atoms. The number of hydrogen-bond donors (Lipinski definition) is 2. The van der Waals surface area contributed by atoms with Crippen molar-refractivity contribution in [2.75, 3.05) is 5.32 Å². The molecule has 0 spiro atoms. The number of nitrogens with zero attached hydrogens (tertiary/aromatic N) is 1. The molecular formula is C10H12N2O2. The maximum Gasteiger partial charge on any atom is 0.270 e. The Bertz CT molecular complexity index is 372. The molecular weight excluding hydrogens is 180 g/mol. The number of carbonyl (C=O) groups is 1. The molecule has 4 nitrogen and oxygen atoms in total. The number of nitrogens with one attached hydrogen (secondary N) is 1. The Kier molecular flexibility index (Phi) is 3.23. The van der Waals surface area contributed by atoms with Crippen LogP contribution in [0.5, 0.6) is 0 Å². The van der Waals surface area contributed by atoms with Crippen LogP contribution in [0.15, 0.2) is 23.4 Å². The molecule has 0 radical (unpaired) electrons. The van der Waals surface area contributed by atoms with Gasteiger partial charge in [-0.3, -0.25) is 4.79 Å². The fourth-order valence-corrected chi connectivity index (χ4v) is 1.17. The summed E-state index contributed by atoms with van der Waals surface area (Å²) in [6, 6.07) is 5.68. The zero-order valence-corrected chi connectivity index (χ0v) is 8.11. The first-order chi connectivity index (χ1) is 6.63. The number of benzene rings is 1. The van der Waals surface area contributed by atoms with Crippen LogP contribution in [-0.4, -0.2) is 17.3 Å². The van der Waals surface area contributed by atoms with Gasteiger partial charge in [0.05, 0.1) is 0 Å². The molecule has 0 aliphatic rings. The number of aryl methyl sites for hydroxylation is 2. The van der Waals surface area contributed by atoms with Crippen molar-refractivity contribution < 1.29 is 10.0 Å². The minimum absolute atomic E-state index is 0.445. The second-order valence-electron chi connectivity index (χ2n) is 3.05. The lowest BCUT2D eigenvalue weighted by molar-refractivity contribution is -0.110. The quantitative estimate of drug-likeness (QED) is 0.425. The number of oxime groups is 1. The van der Waals surface area contributed by atoms with Crippen molar-refractivity contribution in [1.29, 1.82) is 0 Å². The Morgan fingerprint density at radius 2 is 2.21 bits per heavy atom. The Morgan fingerprint density at radius 1 is 1.50 bits per heavy atom. The third-order valence-electron chi connectivity index (χ3n) is 1.81. The van der Waals surface area contributed by atoms with E-state index in [-0.39, 0.29) is 0 Å². The van der Waals surface area contributed by atoms with Gasteiger partial charge in [0.2, 0.25) is 0 Å². The molecule has 1 amide bonds. The van der Waals surface area contributed by atoms with Crippen molar-refractivity contribution in [3.63, 3.8) is 0 Å². The average molecular weight is 192 g/mol. The lowest BCUT2D eigenvalue weighted by atomic mass is 10.1. The molecule has 0 saturated carbocycles. The topological polar surface area (TPSA) is 61.7 Å². The molecule has 1 rings (SSSR count). The van der Waals surface area contributed by atoms with Crippen LogP contribution in [0.3, 0.4) is 0 Å². The molecule has 1 aromatic carbocycles. The maximum atomic E-state index is 11.0. The van der Waals surface area contributed by atoms with Crippen LogP contribution in [0, 0.1) is 13.8 Å². The number of anilines is 1. The normalized spacial score (nSPS) is 10.4. The summed E-state index contributed by atoms with van der Waals surface area (Å²) in [6.07, 6.45) is 0.819. The van der Waals surface area contributed by atoms with Crippen LogP contribution >= 0.6 is 0 Å². The molecule has 0 aliphatic carbocycles. The van der Waals surface area contributed by atoms with Crippen molar-refractivity contribution in [2.45, 2.75) is 13.8 Å². The van der Waals surface area contributed by atoms with E-state index < -0.39 is 5.91 Å². The molecule has 1 aromatic rings. The highest BCUT2D eigenvalue weighted by molar-refractivity contribution is 6.31. The second-order valence-corrected chi connectivity index (χ2v) is 3.05. The number of amides is 1. The summed E-state index contributed by atoms with van der Waals surface area (Å²) in [5, 5.41) is 13.4. The third-order valence-corrected chi connectivity index (χ3v) is 1.81. The average Bonchev–Trinajstić information content (AvgIpc) is 2.10. The minimum atomic E-state index is -0.445. The van der Waals surface area contributed by atoms with Crippen molar-refractivity contribution in [1.82, 2.24) is 0 Å². The molecule has 0 heterocycles. The van der Waals surface area contributed by atoms with E-state index in [2.05, 4.69) is 10.5 Å². The Balaban J connectivity index is 2.82. The standard InChI is InChI=1S/C10H12N2O2/c1-7-3-4-9(8(2)5-7)12-10(13)6-11-14/h3-6,14H,1-2H3,(H,12,13)/b11-6-. The first-order valence-electron chi connectivity index (χ1n) is 4.19. The van der Waals surface area contributed by atoms with Crippen LogP contribution in [0.25, 0.3) is 0 Å². The Labute approximate surface area is 82.2 Å². The van der Waals surface area contributed by atoms with Crippen LogP contribution in [0.4, 0.5) is 5.69 Å². The van der Waals surface area contributed by atoms with E-state index in [1.54, 1.807) is 0 Å². The van der Waals surface area contributed by atoms with Crippen LogP contribution < -0.4 is 5.32 Å². The number of rotatable bonds is 2. The third kappa shape index (κ3) is 2.58. The molecule has 4 heteroatoms. The SMILES string of the molecule is Cc1ccc(NC(=O)/C=N\O)c(C)c1. The lowest BCUT2D eigenvalue weighted by Crippen LogP contribution is -2.13. The van der Waals surface area contributed by atoms with Crippen molar-refractivity contribution in [3.8, 4) is 0 Å². The van der Waals surface area contributed by atoms with Gasteiger partial charge >= 0.3 is 0 Å². The summed E-state index contributed by atoms with van der Waals surface area (Å²) in [5.41, 5.74) is 2.83. The monoisotopic (exact) mass is 192 g/mol. The summed E-state index contributed by atoms with van der Waals surface area (Å²) in [6.45, 7) is 3.88. The van der Waals surface area contributed by atoms with E-state index in [9.17, 15) is 4.79 Å². The molecule has 2 N–H and O–H groups in total. The summed E-state index contributed by atoms with van der Waals surface area (Å²) in [7, 11) is 0. The highest BCUT2D eigenvalue weighted by atomic mass is 16.4. The first-order valence-corrected chi connectivity index (χ1v) is 4.19. The molecule has 0 saturated heterocycles. The smallest absolute Gasteiger partial charge is 0.270 e.